The monoisotopic (exact) mass is 490 g/mol. The maximum Gasteiger partial charge on any atom is 0.260 e. The Morgan fingerprint density at radius 1 is 1.21 bits per heavy atom. The number of aryl methyl sites for hydroxylation is 1. The van der Waals surface area contributed by atoms with E-state index in [1.807, 2.05) is 6.26 Å². The van der Waals surface area contributed by atoms with E-state index in [4.69, 9.17) is 9.15 Å². The van der Waals surface area contributed by atoms with Crippen molar-refractivity contribution in [1.29, 1.82) is 0 Å². The average Bonchev–Trinajstić information content (AvgIpc) is 3.34. The minimum Gasteiger partial charge on any atom is -0.495 e. The number of nitrogens with one attached hydrogen (secondary N) is 1. The summed E-state index contributed by atoms with van der Waals surface area (Å²) in [6.07, 6.45) is 3.33. The molecular formula is C22H26N4O5S2. The summed E-state index contributed by atoms with van der Waals surface area (Å²) < 4.78 is 38.0. The maximum absolute atomic E-state index is 13.2. The number of rotatable bonds is 9. The molecule has 0 atom stereocenters. The normalized spacial score (nSPS) is 11.6. The van der Waals surface area contributed by atoms with Gasteiger partial charge in [-0.15, -0.1) is 11.8 Å². The molecule has 1 amide bonds. The number of hydrogen-bond donors (Lipinski definition) is 1. The van der Waals surface area contributed by atoms with Gasteiger partial charge < -0.3 is 14.5 Å². The molecule has 0 unspecified atom stereocenters. The van der Waals surface area contributed by atoms with Crippen molar-refractivity contribution in [2.75, 3.05) is 31.8 Å². The van der Waals surface area contributed by atoms with Crippen LogP contribution in [-0.2, 0) is 10.0 Å². The molecule has 0 aliphatic carbocycles. The summed E-state index contributed by atoms with van der Waals surface area (Å²) in [5.41, 5.74) is 0.985. The SMILES string of the molecule is CCN(CC)S(=O)(=O)c1ccc(OC)c(NC(=O)c2c(C)nc(-c3ccco3)nc2SC)c1. The zero-order valence-electron chi connectivity index (χ0n) is 19.1. The number of thioether (sulfide) groups is 1. The summed E-state index contributed by atoms with van der Waals surface area (Å²) in [6.45, 7) is 5.92. The number of anilines is 1. The lowest BCUT2D eigenvalue weighted by Gasteiger charge is -2.20. The first-order valence-corrected chi connectivity index (χ1v) is 12.9. The second-order valence-electron chi connectivity index (χ2n) is 6.90. The second-order valence-corrected chi connectivity index (χ2v) is 9.63. The van der Waals surface area contributed by atoms with Gasteiger partial charge in [-0.25, -0.2) is 18.4 Å². The van der Waals surface area contributed by atoms with E-state index in [9.17, 15) is 13.2 Å². The molecule has 176 valence electrons. The molecule has 2 heterocycles. The number of methoxy groups -OCH3 is 1. The van der Waals surface area contributed by atoms with E-state index in [0.717, 1.165) is 0 Å². The van der Waals surface area contributed by atoms with Gasteiger partial charge in [-0.05, 0) is 43.5 Å². The van der Waals surface area contributed by atoms with Crippen LogP contribution in [0.3, 0.4) is 0 Å². The highest BCUT2D eigenvalue weighted by atomic mass is 32.2. The first kappa shape index (κ1) is 24.7. The molecule has 3 rings (SSSR count). The molecule has 0 aliphatic rings. The summed E-state index contributed by atoms with van der Waals surface area (Å²) in [7, 11) is -2.27. The zero-order chi connectivity index (χ0) is 24.2. The molecule has 0 aliphatic heterocycles. The van der Waals surface area contributed by atoms with Crippen LogP contribution in [0.5, 0.6) is 5.75 Å². The van der Waals surface area contributed by atoms with Gasteiger partial charge in [-0.3, -0.25) is 4.79 Å². The molecule has 33 heavy (non-hydrogen) atoms. The Bertz CT molecular complexity index is 1240. The average molecular weight is 491 g/mol. The number of aromatic nitrogens is 2. The third-order valence-electron chi connectivity index (χ3n) is 4.98. The third kappa shape index (κ3) is 5.05. The molecule has 1 N–H and O–H groups in total. The summed E-state index contributed by atoms with van der Waals surface area (Å²) in [5, 5.41) is 3.24. The number of sulfonamides is 1. The van der Waals surface area contributed by atoms with Gasteiger partial charge in [0, 0.05) is 13.1 Å². The maximum atomic E-state index is 13.2. The van der Waals surface area contributed by atoms with Gasteiger partial charge in [0.15, 0.2) is 11.6 Å². The fourth-order valence-electron chi connectivity index (χ4n) is 3.31. The number of ether oxygens (including phenoxy) is 1. The van der Waals surface area contributed by atoms with Crippen molar-refractivity contribution < 1.29 is 22.4 Å². The van der Waals surface area contributed by atoms with E-state index in [2.05, 4.69) is 15.3 Å². The number of hydrogen-bond acceptors (Lipinski definition) is 8. The molecule has 2 aromatic heterocycles. The van der Waals surface area contributed by atoms with Crippen LogP contribution in [0.4, 0.5) is 5.69 Å². The van der Waals surface area contributed by atoms with Crippen LogP contribution in [0, 0.1) is 6.92 Å². The lowest BCUT2D eigenvalue weighted by molar-refractivity contribution is 0.102. The predicted octanol–water partition coefficient (Wildman–Crippen LogP) is 4.06. The number of carbonyl (C=O) groups is 1. The van der Waals surface area contributed by atoms with E-state index in [1.165, 1.54) is 47.6 Å². The molecular weight excluding hydrogens is 464 g/mol. The van der Waals surface area contributed by atoms with Crippen molar-refractivity contribution in [2.24, 2.45) is 0 Å². The third-order valence-corrected chi connectivity index (χ3v) is 7.71. The van der Waals surface area contributed by atoms with Gasteiger partial charge in [0.05, 0.1) is 35.2 Å². The second kappa shape index (κ2) is 10.4. The Morgan fingerprint density at radius 3 is 2.52 bits per heavy atom. The van der Waals surface area contributed by atoms with Gasteiger partial charge in [0.2, 0.25) is 10.0 Å². The van der Waals surface area contributed by atoms with Gasteiger partial charge in [0.25, 0.3) is 5.91 Å². The molecule has 11 heteroatoms. The molecule has 3 aromatic rings. The van der Waals surface area contributed by atoms with Crippen molar-refractivity contribution in [3.63, 3.8) is 0 Å². The molecule has 0 saturated carbocycles. The van der Waals surface area contributed by atoms with Crippen LogP contribution in [0.2, 0.25) is 0 Å². The zero-order valence-corrected chi connectivity index (χ0v) is 20.7. The van der Waals surface area contributed by atoms with Crippen molar-refractivity contribution in [3.05, 3.63) is 47.9 Å². The lowest BCUT2D eigenvalue weighted by Crippen LogP contribution is -2.30. The molecule has 9 nitrogen and oxygen atoms in total. The van der Waals surface area contributed by atoms with Gasteiger partial charge in [-0.1, -0.05) is 13.8 Å². The Labute approximate surface area is 197 Å². The van der Waals surface area contributed by atoms with E-state index in [-0.39, 0.29) is 16.1 Å². The van der Waals surface area contributed by atoms with Crippen LogP contribution in [0.15, 0.2) is 50.9 Å². The topological polar surface area (TPSA) is 115 Å². The number of amides is 1. The summed E-state index contributed by atoms with van der Waals surface area (Å²) in [5.74, 6) is 0.733. The predicted molar refractivity (Wildman–Crippen MR) is 127 cm³/mol. The lowest BCUT2D eigenvalue weighted by atomic mass is 10.2. The fraction of sp³-hybridized carbons (Fsp3) is 0.318. The minimum absolute atomic E-state index is 0.0635. The molecule has 0 spiro atoms. The van der Waals surface area contributed by atoms with Crippen LogP contribution >= 0.6 is 11.8 Å². The van der Waals surface area contributed by atoms with Crippen molar-refractivity contribution in [2.45, 2.75) is 30.7 Å². The summed E-state index contributed by atoms with van der Waals surface area (Å²) >= 11 is 1.30. The van der Waals surface area contributed by atoms with Crippen molar-refractivity contribution in [1.82, 2.24) is 14.3 Å². The summed E-state index contributed by atoms with van der Waals surface area (Å²) in [6, 6.07) is 7.85. The molecule has 0 fully saturated rings. The van der Waals surface area contributed by atoms with Crippen LogP contribution in [0.25, 0.3) is 11.6 Å². The van der Waals surface area contributed by atoms with E-state index in [0.29, 0.717) is 41.1 Å². The van der Waals surface area contributed by atoms with E-state index in [1.54, 1.807) is 32.9 Å². The molecule has 1 aromatic carbocycles. The smallest absolute Gasteiger partial charge is 0.260 e. The van der Waals surface area contributed by atoms with Crippen LogP contribution in [0.1, 0.15) is 29.9 Å². The standard InChI is InChI=1S/C22H26N4O5S2/c1-6-26(7-2)33(28,29)15-10-11-17(30-4)16(13-15)24-21(27)19-14(3)23-20(25-22(19)32-5)18-9-8-12-31-18/h8-13H,6-7H2,1-5H3,(H,24,27). The highest BCUT2D eigenvalue weighted by molar-refractivity contribution is 7.98. The Morgan fingerprint density at radius 2 is 1.94 bits per heavy atom. The largest absolute Gasteiger partial charge is 0.495 e. The highest BCUT2D eigenvalue weighted by Crippen LogP contribution is 2.31. The number of nitrogens with zero attached hydrogens (tertiary/aromatic N) is 3. The highest BCUT2D eigenvalue weighted by Gasteiger charge is 2.25. The Kier molecular flexibility index (Phi) is 7.77. The van der Waals surface area contributed by atoms with E-state index >= 15 is 0 Å². The van der Waals surface area contributed by atoms with Crippen LogP contribution in [-0.4, -0.2) is 55.1 Å². The quantitative estimate of drug-likeness (QED) is 0.353. The van der Waals surface area contributed by atoms with Gasteiger partial charge in [-0.2, -0.15) is 4.31 Å². The first-order chi connectivity index (χ1) is 15.8. The Hall–Kier alpha value is -2.89. The van der Waals surface area contributed by atoms with Gasteiger partial charge in [0.1, 0.15) is 10.8 Å². The number of carbonyl (C=O) groups excluding carboxylic acids is 1. The molecule has 0 bridgehead atoms. The van der Waals surface area contributed by atoms with E-state index < -0.39 is 15.9 Å². The number of benzene rings is 1. The molecule has 0 saturated heterocycles. The van der Waals surface area contributed by atoms with Crippen molar-refractivity contribution >= 4 is 33.4 Å². The minimum atomic E-state index is -3.71. The fourth-order valence-corrected chi connectivity index (χ4v) is 5.42. The number of furan rings is 1. The van der Waals surface area contributed by atoms with Crippen LogP contribution < -0.4 is 10.1 Å². The molecule has 0 radical (unpaired) electrons. The Balaban J connectivity index is 2.00. The first-order valence-electron chi connectivity index (χ1n) is 10.2. The van der Waals surface area contributed by atoms with Crippen molar-refractivity contribution in [3.8, 4) is 17.3 Å². The summed E-state index contributed by atoms with van der Waals surface area (Å²) in [4.78, 5) is 22.2. The van der Waals surface area contributed by atoms with Gasteiger partial charge >= 0.3 is 0 Å².